The van der Waals surface area contributed by atoms with Crippen LogP contribution in [0.5, 0.6) is 0 Å². The van der Waals surface area contributed by atoms with E-state index in [0.717, 1.165) is 10.6 Å². The van der Waals surface area contributed by atoms with Crippen LogP contribution in [0.1, 0.15) is 34.0 Å². The van der Waals surface area contributed by atoms with Gasteiger partial charge in [0, 0.05) is 16.8 Å². The maximum Gasteiger partial charge on any atom is 0.186 e. The van der Waals surface area contributed by atoms with Crippen LogP contribution in [0, 0.1) is 0 Å². The van der Waals surface area contributed by atoms with Crippen molar-refractivity contribution >= 4 is 28.7 Å². The maximum atomic E-state index is 12.0. The van der Waals surface area contributed by atoms with E-state index in [2.05, 4.69) is 4.98 Å². The third-order valence-electron chi connectivity index (χ3n) is 2.51. The molecule has 94 valence electrons. The molecule has 3 nitrogen and oxygen atoms in total. The summed E-state index contributed by atoms with van der Waals surface area (Å²) in [7, 11) is 0. The summed E-state index contributed by atoms with van der Waals surface area (Å²) < 4.78 is 0. The Morgan fingerprint density at radius 2 is 2.22 bits per heavy atom. The second-order valence-electron chi connectivity index (χ2n) is 4.05. The van der Waals surface area contributed by atoms with Crippen LogP contribution in [-0.4, -0.2) is 10.8 Å². The van der Waals surface area contributed by atoms with E-state index >= 15 is 0 Å². The van der Waals surface area contributed by atoms with Gasteiger partial charge in [0.2, 0.25) is 0 Å². The standard InChI is InChI=1S/C13H13ClN2OS/c1-8(15)13-16-11(7-18-13)12(17)6-9-4-2-3-5-10(9)14/h2-5,7-8H,6,15H2,1H3. The van der Waals surface area contributed by atoms with Crippen LogP contribution in [-0.2, 0) is 6.42 Å². The molecule has 1 aromatic carbocycles. The summed E-state index contributed by atoms with van der Waals surface area (Å²) in [6, 6.07) is 7.19. The van der Waals surface area contributed by atoms with Gasteiger partial charge in [0.25, 0.3) is 0 Å². The Morgan fingerprint density at radius 3 is 2.83 bits per heavy atom. The molecule has 0 saturated carbocycles. The lowest BCUT2D eigenvalue weighted by atomic mass is 10.1. The number of benzene rings is 1. The molecule has 2 rings (SSSR count). The summed E-state index contributed by atoms with van der Waals surface area (Å²) in [5.41, 5.74) is 7.00. The largest absolute Gasteiger partial charge is 0.322 e. The van der Waals surface area contributed by atoms with Crippen molar-refractivity contribution in [1.82, 2.24) is 4.98 Å². The number of rotatable bonds is 4. The molecule has 18 heavy (non-hydrogen) atoms. The predicted molar refractivity (Wildman–Crippen MR) is 74.2 cm³/mol. The summed E-state index contributed by atoms with van der Waals surface area (Å²) in [6.45, 7) is 1.85. The number of hydrogen-bond donors (Lipinski definition) is 1. The lowest BCUT2D eigenvalue weighted by Gasteiger charge is -2.01. The van der Waals surface area contributed by atoms with Gasteiger partial charge in [-0.2, -0.15) is 0 Å². The van der Waals surface area contributed by atoms with Gasteiger partial charge in [-0.15, -0.1) is 11.3 Å². The molecule has 5 heteroatoms. The summed E-state index contributed by atoms with van der Waals surface area (Å²) >= 11 is 7.43. The molecule has 0 aliphatic rings. The van der Waals surface area contributed by atoms with Crippen molar-refractivity contribution in [1.29, 1.82) is 0 Å². The van der Waals surface area contributed by atoms with E-state index in [4.69, 9.17) is 17.3 Å². The highest BCUT2D eigenvalue weighted by atomic mass is 35.5. The highest BCUT2D eigenvalue weighted by Crippen LogP contribution is 2.20. The Hall–Kier alpha value is -1.23. The topological polar surface area (TPSA) is 56.0 Å². The fraction of sp³-hybridized carbons (Fsp3) is 0.231. The van der Waals surface area contributed by atoms with Crippen LogP contribution >= 0.6 is 22.9 Å². The smallest absolute Gasteiger partial charge is 0.186 e. The number of hydrogen-bond acceptors (Lipinski definition) is 4. The van der Waals surface area contributed by atoms with E-state index in [1.54, 1.807) is 11.4 Å². The zero-order valence-corrected chi connectivity index (χ0v) is 11.5. The van der Waals surface area contributed by atoms with E-state index < -0.39 is 0 Å². The van der Waals surface area contributed by atoms with Gasteiger partial charge in [0.15, 0.2) is 5.78 Å². The van der Waals surface area contributed by atoms with E-state index in [1.165, 1.54) is 11.3 Å². The van der Waals surface area contributed by atoms with Gasteiger partial charge in [-0.05, 0) is 18.6 Å². The number of ketones is 1. The van der Waals surface area contributed by atoms with Gasteiger partial charge < -0.3 is 5.73 Å². The van der Waals surface area contributed by atoms with Gasteiger partial charge in [-0.25, -0.2) is 4.98 Å². The first-order valence-corrected chi connectivity index (χ1v) is 6.81. The molecule has 0 fully saturated rings. The second kappa shape index (κ2) is 5.61. The van der Waals surface area contributed by atoms with Crippen LogP contribution in [0.4, 0.5) is 0 Å². The molecule has 1 unspecified atom stereocenters. The molecule has 2 aromatic rings. The number of halogens is 1. The van der Waals surface area contributed by atoms with Gasteiger partial charge in [0.1, 0.15) is 10.7 Å². The molecule has 0 aliphatic heterocycles. The van der Waals surface area contributed by atoms with Crippen LogP contribution in [0.2, 0.25) is 5.02 Å². The van der Waals surface area contributed by atoms with Crippen molar-refractivity contribution in [2.75, 3.05) is 0 Å². The van der Waals surface area contributed by atoms with Crippen molar-refractivity contribution in [3.8, 4) is 0 Å². The van der Waals surface area contributed by atoms with Crippen molar-refractivity contribution in [2.45, 2.75) is 19.4 Å². The van der Waals surface area contributed by atoms with Crippen molar-refractivity contribution in [2.24, 2.45) is 5.73 Å². The minimum absolute atomic E-state index is 0.0359. The van der Waals surface area contributed by atoms with Crippen LogP contribution in [0.25, 0.3) is 0 Å². The zero-order valence-electron chi connectivity index (χ0n) is 9.89. The monoisotopic (exact) mass is 280 g/mol. The fourth-order valence-electron chi connectivity index (χ4n) is 1.53. The molecule has 0 saturated heterocycles. The molecule has 0 bridgehead atoms. The molecule has 0 amide bonds. The number of nitrogens with two attached hydrogens (primary N) is 1. The first kappa shape index (κ1) is 13.2. The minimum atomic E-state index is -0.142. The fourth-order valence-corrected chi connectivity index (χ4v) is 2.51. The SMILES string of the molecule is CC(N)c1nc(C(=O)Cc2ccccc2Cl)cs1. The molecule has 2 N–H and O–H groups in total. The van der Waals surface area contributed by atoms with E-state index in [-0.39, 0.29) is 18.2 Å². The average molecular weight is 281 g/mol. The number of thiazole rings is 1. The third kappa shape index (κ3) is 2.96. The number of carbonyl (C=O) groups excluding carboxylic acids is 1. The van der Waals surface area contributed by atoms with E-state index in [0.29, 0.717) is 10.7 Å². The Bertz CT molecular complexity index is 566. The maximum absolute atomic E-state index is 12.0. The molecule has 1 aromatic heterocycles. The van der Waals surface area contributed by atoms with Crippen LogP contribution < -0.4 is 5.73 Å². The van der Waals surface area contributed by atoms with Gasteiger partial charge in [0.05, 0.1) is 6.04 Å². The molecular weight excluding hydrogens is 268 g/mol. The lowest BCUT2D eigenvalue weighted by Crippen LogP contribution is -2.07. The third-order valence-corrected chi connectivity index (χ3v) is 3.92. The quantitative estimate of drug-likeness (QED) is 0.875. The molecule has 0 radical (unpaired) electrons. The van der Waals surface area contributed by atoms with Crippen LogP contribution in [0.3, 0.4) is 0 Å². The molecular formula is C13H13ClN2OS. The van der Waals surface area contributed by atoms with Crippen molar-refractivity contribution in [3.63, 3.8) is 0 Å². The number of nitrogens with zero attached hydrogens (tertiary/aromatic N) is 1. The lowest BCUT2D eigenvalue weighted by molar-refractivity contribution is 0.0988. The highest BCUT2D eigenvalue weighted by Gasteiger charge is 2.14. The van der Waals surface area contributed by atoms with E-state index in [9.17, 15) is 4.79 Å². The average Bonchev–Trinajstić information content (AvgIpc) is 2.81. The molecule has 1 atom stereocenters. The number of aromatic nitrogens is 1. The Morgan fingerprint density at radius 1 is 1.50 bits per heavy atom. The molecule has 0 aliphatic carbocycles. The number of carbonyl (C=O) groups is 1. The van der Waals surface area contributed by atoms with Crippen molar-refractivity contribution < 1.29 is 4.79 Å². The summed E-state index contributed by atoms with van der Waals surface area (Å²) in [6.07, 6.45) is 0.266. The van der Waals surface area contributed by atoms with Gasteiger partial charge in [-0.3, -0.25) is 4.79 Å². The summed E-state index contributed by atoms with van der Waals surface area (Å²) in [5.74, 6) is -0.0359. The zero-order chi connectivity index (χ0) is 13.1. The Balaban J connectivity index is 2.15. The normalized spacial score (nSPS) is 12.4. The Labute approximate surface area is 115 Å². The second-order valence-corrected chi connectivity index (χ2v) is 5.35. The van der Waals surface area contributed by atoms with Crippen molar-refractivity contribution in [3.05, 3.63) is 50.9 Å². The molecule has 0 spiro atoms. The first-order chi connectivity index (χ1) is 8.58. The highest BCUT2D eigenvalue weighted by molar-refractivity contribution is 7.09. The Kier molecular flexibility index (Phi) is 4.11. The van der Waals surface area contributed by atoms with Gasteiger partial charge in [-0.1, -0.05) is 29.8 Å². The predicted octanol–water partition coefficient (Wildman–Crippen LogP) is 3.24. The van der Waals surface area contributed by atoms with E-state index in [1.807, 2.05) is 25.1 Å². The molecule has 1 heterocycles. The first-order valence-electron chi connectivity index (χ1n) is 5.55. The minimum Gasteiger partial charge on any atom is -0.322 e. The number of Topliss-reactive ketones (excluding diaryl/α,β-unsaturated/α-hetero) is 1. The van der Waals surface area contributed by atoms with Gasteiger partial charge >= 0.3 is 0 Å². The van der Waals surface area contributed by atoms with Crippen LogP contribution in [0.15, 0.2) is 29.6 Å². The summed E-state index contributed by atoms with van der Waals surface area (Å²) in [4.78, 5) is 16.3. The summed E-state index contributed by atoms with van der Waals surface area (Å²) in [5, 5.41) is 3.13.